The molecule has 0 bridgehead atoms. The van der Waals surface area contributed by atoms with Crippen molar-refractivity contribution < 1.29 is 23.4 Å². The number of carbonyl (C=O) groups is 1. The van der Waals surface area contributed by atoms with Crippen molar-refractivity contribution in [2.24, 2.45) is 0 Å². The Kier molecular flexibility index (Phi) is 6.21. The highest BCUT2D eigenvalue weighted by Crippen LogP contribution is 2.22. The van der Waals surface area contributed by atoms with Crippen LogP contribution in [0, 0.1) is 6.92 Å². The lowest BCUT2D eigenvalue weighted by molar-refractivity contribution is -0.139. The third-order valence-electron chi connectivity index (χ3n) is 5.13. The van der Waals surface area contributed by atoms with Gasteiger partial charge in [-0.05, 0) is 25.1 Å². The lowest BCUT2D eigenvalue weighted by Gasteiger charge is -2.32. The fourth-order valence-corrected chi connectivity index (χ4v) is 3.34. The first-order valence-corrected chi connectivity index (χ1v) is 9.89. The monoisotopic (exact) mass is 445 g/mol. The summed E-state index contributed by atoms with van der Waals surface area (Å²) in [5.41, 5.74) is 1.79. The lowest BCUT2D eigenvalue weighted by Crippen LogP contribution is -2.54. The molecule has 1 aromatic carbocycles. The van der Waals surface area contributed by atoms with Crippen LogP contribution in [0.15, 0.2) is 36.4 Å². The maximum absolute atomic E-state index is 12.8. The molecular formula is C20H21F2N7O3. The molecule has 4 rings (SSSR count). The molecule has 1 atom stereocenters. The van der Waals surface area contributed by atoms with E-state index in [1.165, 1.54) is 16.8 Å². The van der Waals surface area contributed by atoms with Crippen molar-refractivity contribution in [1.29, 1.82) is 0 Å². The van der Waals surface area contributed by atoms with Gasteiger partial charge in [0.05, 0.1) is 11.4 Å². The zero-order valence-electron chi connectivity index (χ0n) is 17.2. The van der Waals surface area contributed by atoms with E-state index in [9.17, 15) is 18.7 Å². The van der Waals surface area contributed by atoms with Crippen LogP contribution in [0.5, 0.6) is 5.88 Å². The van der Waals surface area contributed by atoms with Gasteiger partial charge in [-0.1, -0.05) is 17.3 Å². The first kappa shape index (κ1) is 21.6. The van der Waals surface area contributed by atoms with Crippen LogP contribution in [0.4, 0.5) is 14.6 Å². The molecule has 168 valence electrons. The van der Waals surface area contributed by atoms with Gasteiger partial charge in [0.1, 0.15) is 18.3 Å². The number of halogens is 2. The fraction of sp³-hybridized carbons (Fsp3) is 0.350. The smallest absolute Gasteiger partial charge is 0.322 e. The van der Waals surface area contributed by atoms with E-state index in [2.05, 4.69) is 25.8 Å². The molecule has 12 heteroatoms. The minimum absolute atomic E-state index is 0.0714. The van der Waals surface area contributed by atoms with Crippen LogP contribution in [0.1, 0.15) is 23.4 Å². The van der Waals surface area contributed by atoms with Gasteiger partial charge in [0, 0.05) is 31.3 Å². The SMILES string of the molecule is Cc1nnn(-c2ccc(C(F)F)cc2)c1COc1ccc(N2CCNC(C(=O)O)C2)nn1. The highest BCUT2D eigenvalue weighted by Gasteiger charge is 2.25. The molecule has 3 aromatic rings. The second-order valence-electron chi connectivity index (χ2n) is 7.23. The standard InChI is InChI=1S/C20H21F2N7O3/c1-12-16(29(27-24-12)14-4-2-13(3-5-14)19(21)22)11-32-18-7-6-17(25-26-18)28-9-8-23-15(10-28)20(30)31/h2-7,15,19,23H,8-11H2,1H3,(H,30,31). The van der Waals surface area contributed by atoms with Gasteiger partial charge in [-0.3, -0.25) is 4.79 Å². The van der Waals surface area contributed by atoms with Crippen LogP contribution in [0.3, 0.4) is 0 Å². The van der Waals surface area contributed by atoms with Gasteiger partial charge in [-0.25, -0.2) is 13.5 Å². The van der Waals surface area contributed by atoms with E-state index in [4.69, 9.17) is 4.74 Å². The molecule has 32 heavy (non-hydrogen) atoms. The lowest BCUT2D eigenvalue weighted by atomic mass is 10.2. The topological polar surface area (TPSA) is 118 Å². The van der Waals surface area contributed by atoms with Crippen LogP contribution >= 0.6 is 0 Å². The number of alkyl halides is 2. The Morgan fingerprint density at radius 2 is 2.00 bits per heavy atom. The average molecular weight is 445 g/mol. The molecule has 1 aliphatic rings. The predicted octanol–water partition coefficient (Wildman–Crippen LogP) is 1.75. The second kappa shape index (κ2) is 9.22. The Hall–Kier alpha value is -3.67. The Morgan fingerprint density at radius 3 is 2.66 bits per heavy atom. The highest BCUT2D eigenvalue weighted by atomic mass is 19.3. The molecule has 1 saturated heterocycles. The number of aryl methyl sites for hydroxylation is 1. The number of aliphatic carboxylic acids is 1. The van der Waals surface area contributed by atoms with Crippen LogP contribution in [-0.4, -0.2) is 61.9 Å². The summed E-state index contributed by atoms with van der Waals surface area (Å²) >= 11 is 0. The predicted molar refractivity (Wildman–Crippen MR) is 109 cm³/mol. The number of rotatable bonds is 7. The molecule has 3 heterocycles. The second-order valence-corrected chi connectivity index (χ2v) is 7.23. The normalized spacial score (nSPS) is 16.4. The number of aromatic nitrogens is 5. The summed E-state index contributed by atoms with van der Waals surface area (Å²) in [6.07, 6.45) is -2.54. The number of hydrogen-bond acceptors (Lipinski definition) is 8. The summed E-state index contributed by atoms with van der Waals surface area (Å²) < 4.78 is 32.9. The first-order valence-electron chi connectivity index (χ1n) is 9.89. The average Bonchev–Trinajstić information content (AvgIpc) is 3.18. The minimum Gasteiger partial charge on any atom is -0.480 e. The minimum atomic E-state index is -2.54. The van der Waals surface area contributed by atoms with Gasteiger partial charge in [0.15, 0.2) is 5.82 Å². The molecule has 0 saturated carbocycles. The molecule has 1 unspecified atom stereocenters. The molecule has 2 aromatic heterocycles. The Morgan fingerprint density at radius 1 is 1.22 bits per heavy atom. The number of anilines is 1. The third kappa shape index (κ3) is 4.64. The van der Waals surface area contributed by atoms with E-state index in [0.29, 0.717) is 42.5 Å². The first-order chi connectivity index (χ1) is 15.4. The third-order valence-corrected chi connectivity index (χ3v) is 5.13. The molecule has 10 nitrogen and oxygen atoms in total. The Labute approximate surface area is 181 Å². The van der Waals surface area contributed by atoms with Gasteiger partial charge in [-0.2, -0.15) is 0 Å². The molecular weight excluding hydrogens is 424 g/mol. The molecule has 0 amide bonds. The van der Waals surface area contributed by atoms with Gasteiger partial charge >= 0.3 is 5.97 Å². The molecule has 0 radical (unpaired) electrons. The number of hydrogen-bond donors (Lipinski definition) is 2. The summed E-state index contributed by atoms with van der Waals surface area (Å²) in [7, 11) is 0. The number of piperazine rings is 1. The largest absolute Gasteiger partial charge is 0.480 e. The van der Waals surface area contributed by atoms with E-state index < -0.39 is 18.4 Å². The van der Waals surface area contributed by atoms with Crippen LogP contribution in [-0.2, 0) is 11.4 Å². The number of ether oxygens (including phenoxy) is 1. The van der Waals surface area contributed by atoms with Crippen molar-refractivity contribution in [3.63, 3.8) is 0 Å². The van der Waals surface area contributed by atoms with E-state index in [-0.39, 0.29) is 18.1 Å². The molecule has 1 aliphatic heterocycles. The van der Waals surface area contributed by atoms with Gasteiger partial charge in [-0.15, -0.1) is 15.3 Å². The molecule has 0 aliphatic carbocycles. The maximum Gasteiger partial charge on any atom is 0.322 e. The van der Waals surface area contributed by atoms with Gasteiger partial charge < -0.3 is 20.1 Å². The number of carboxylic acid groups (broad SMARTS) is 1. The van der Waals surface area contributed by atoms with E-state index >= 15 is 0 Å². The number of nitrogens with one attached hydrogen (secondary N) is 1. The van der Waals surface area contributed by atoms with E-state index in [1.807, 2.05) is 4.90 Å². The van der Waals surface area contributed by atoms with E-state index in [1.54, 1.807) is 31.2 Å². The van der Waals surface area contributed by atoms with Crippen molar-refractivity contribution in [3.8, 4) is 11.6 Å². The quantitative estimate of drug-likeness (QED) is 0.561. The van der Waals surface area contributed by atoms with Crippen LogP contribution in [0.2, 0.25) is 0 Å². The zero-order valence-corrected chi connectivity index (χ0v) is 17.2. The van der Waals surface area contributed by atoms with E-state index in [0.717, 1.165) is 0 Å². The van der Waals surface area contributed by atoms with Crippen molar-refractivity contribution >= 4 is 11.8 Å². The van der Waals surface area contributed by atoms with Crippen LogP contribution < -0.4 is 15.0 Å². The summed E-state index contributed by atoms with van der Waals surface area (Å²) in [6, 6.07) is 8.50. The summed E-state index contributed by atoms with van der Waals surface area (Å²) in [6.45, 7) is 3.31. The van der Waals surface area contributed by atoms with Gasteiger partial charge in [0.25, 0.3) is 6.43 Å². The van der Waals surface area contributed by atoms with Gasteiger partial charge in [0.2, 0.25) is 5.88 Å². The number of benzene rings is 1. The number of nitrogens with zero attached hydrogens (tertiary/aromatic N) is 6. The highest BCUT2D eigenvalue weighted by molar-refractivity contribution is 5.74. The van der Waals surface area contributed by atoms with Crippen LogP contribution in [0.25, 0.3) is 5.69 Å². The Bertz CT molecular complexity index is 1070. The van der Waals surface area contributed by atoms with Crippen molar-refractivity contribution in [2.75, 3.05) is 24.5 Å². The Balaban J connectivity index is 1.43. The molecule has 2 N–H and O–H groups in total. The van der Waals surface area contributed by atoms with Crippen molar-refractivity contribution in [2.45, 2.75) is 26.0 Å². The maximum atomic E-state index is 12.8. The zero-order chi connectivity index (χ0) is 22.7. The summed E-state index contributed by atoms with van der Waals surface area (Å²) in [5, 5.41) is 28.5. The fourth-order valence-electron chi connectivity index (χ4n) is 3.34. The summed E-state index contributed by atoms with van der Waals surface area (Å²) in [5.74, 6) is -0.0713. The van der Waals surface area contributed by atoms with Crippen molar-refractivity contribution in [1.82, 2.24) is 30.5 Å². The summed E-state index contributed by atoms with van der Waals surface area (Å²) in [4.78, 5) is 13.0. The van der Waals surface area contributed by atoms with Crippen molar-refractivity contribution in [3.05, 3.63) is 53.3 Å². The number of carboxylic acids is 1. The molecule has 1 fully saturated rings. The molecule has 0 spiro atoms.